The fourth-order valence-corrected chi connectivity index (χ4v) is 6.79. The monoisotopic (exact) mass is 604 g/mol. The molecule has 4 nitrogen and oxygen atoms in total. The molecule has 0 saturated heterocycles. The van der Waals surface area contributed by atoms with E-state index in [1.807, 2.05) is 54.6 Å². The van der Waals surface area contributed by atoms with Crippen LogP contribution in [-0.2, 0) is 4.74 Å². The van der Waals surface area contributed by atoms with Gasteiger partial charge in [-0.05, 0) is 121 Å². The summed E-state index contributed by atoms with van der Waals surface area (Å²) in [4.78, 5) is 8.85. The van der Waals surface area contributed by atoms with E-state index in [0.717, 1.165) is 38.8 Å². The zero-order valence-electron chi connectivity index (χ0n) is 25.6. The molecule has 1 heterocycles. The SMILES string of the molecule is CO/C(=N\C=N\c1ccccc1)c1ccc(-c2cc3ccc4cc(-c5ccc6oc7ccccc7c6c5)cc5ccc(c2)c3c45)cc1. The van der Waals surface area contributed by atoms with Crippen molar-refractivity contribution in [3.8, 4) is 22.3 Å². The van der Waals surface area contributed by atoms with Gasteiger partial charge in [-0.1, -0.05) is 78.9 Å². The van der Waals surface area contributed by atoms with E-state index in [1.165, 1.54) is 55.3 Å². The zero-order valence-corrected chi connectivity index (χ0v) is 25.6. The molecule has 8 aromatic carbocycles. The van der Waals surface area contributed by atoms with Gasteiger partial charge in [0.2, 0.25) is 5.90 Å². The minimum absolute atomic E-state index is 0.518. The first kappa shape index (κ1) is 27.1. The van der Waals surface area contributed by atoms with Crippen LogP contribution in [0, 0.1) is 0 Å². The normalized spacial score (nSPS) is 12.4. The van der Waals surface area contributed by atoms with Gasteiger partial charge in [-0.3, -0.25) is 0 Å². The molecule has 0 N–H and O–H groups in total. The minimum atomic E-state index is 0.518. The topological polar surface area (TPSA) is 47.1 Å². The Kier molecular flexibility index (Phi) is 6.32. The Balaban J connectivity index is 1.06. The second kappa shape index (κ2) is 11.0. The van der Waals surface area contributed by atoms with Crippen LogP contribution in [0.4, 0.5) is 5.69 Å². The van der Waals surface area contributed by atoms with Crippen molar-refractivity contribution in [1.82, 2.24) is 0 Å². The summed E-state index contributed by atoms with van der Waals surface area (Å²) in [5.74, 6) is 0.518. The molecule has 1 aromatic heterocycles. The number of fused-ring (bicyclic) bond motifs is 3. The number of aliphatic imine (C=N–C) groups is 2. The summed E-state index contributed by atoms with van der Waals surface area (Å²) < 4.78 is 11.7. The second-order valence-corrected chi connectivity index (χ2v) is 11.8. The van der Waals surface area contributed by atoms with E-state index in [-0.39, 0.29) is 0 Å². The molecule has 47 heavy (non-hydrogen) atoms. The molecule has 0 fully saturated rings. The van der Waals surface area contributed by atoms with Gasteiger partial charge in [0.25, 0.3) is 0 Å². The standard InChI is InChI=1S/C43H28N2O2/c1-46-43(45-26-44-36-7-3-2-4-8-36)28-13-11-27(12-14-28)34-21-30-15-17-32-23-35(24-33-18-16-31(22-34)41(30)42(32)33)29-19-20-40-38(25-29)37-9-5-6-10-39(37)47-40/h2-26H,1H3/b44-26+,45-43-. The third-order valence-electron chi connectivity index (χ3n) is 9.04. The Morgan fingerprint density at radius 2 is 1.11 bits per heavy atom. The summed E-state index contributed by atoms with van der Waals surface area (Å²) >= 11 is 0. The van der Waals surface area contributed by atoms with Crippen LogP contribution in [0.1, 0.15) is 5.56 Å². The number of furan rings is 1. The van der Waals surface area contributed by atoms with Gasteiger partial charge < -0.3 is 9.15 Å². The average molecular weight is 605 g/mol. The van der Waals surface area contributed by atoms with Crippen LogP contribution in [0.2, 0.25) is 0 Å². The first-order chi connectivity index (χ1) is 23.2. The van der Waals surface area contributed by atoms with Crippen LogP contribution < -0.4 is 0 Å². The molecule has 0 saturated carbocycles. The molecule has 0 bridgehead atoms. The van der Waals surface area contributed by atoms with E-state index in [1.54, 1.807) is 7.11 Å². The summed E-state index contributed by atoms with van der Waals surface area (Å²) in [5.41, 5.74) is 8.27. The Bertz CT molecular complexity index is 2580. The van der Waals surface area contributed by atoms with Crippen LogP contribution in [0.15, 0.2) is 160 Å². The lowest BCUT2D eigenvalue weighted by molar-refractivity contribution is 0.406. The molecule has 4 heteroatoms. The van der Waals surface area contributed by atoms with Gasteiger partial charge in [0.05, 0.1) is 12.8 Å². The molecule has 0 atom stereocenters. The van der Waals surface area contributed by atoms with Crippen molar-refractivity contribution in [3.63, 3.8) is 0 Å². The maximum atomic E-state index is 6.08. The number of para-hydroxylation sites is 2. The van der Waals surface area contributed by atoms with Gasteiger partial charge in [0.15, 0.2) is 0 Å². The largest absolute Gasteiger partial charge is 0.481 e. The maximum Gasteiger partial charge on any atom is 0.221 e. The third-order valence-corrected chi connectivity index (χ3v) is 9.04. The summed E-state index contributed by atoms with van der Waals surface area (Å²) in [6, 6.07) is 51.0. The van der Waals surface area contributed by atoms with Crippen molar-refractivity contribution in [2.75, 3.05) is 7.11 Å². The number of ether oxygens (including phenoxy) is 1. The van der Waals surface area contributed by atoms with E-state index in [2.05, 4.69) is 101 Å². The van der Waals surface area contributed by atoms with Gasteiger partial charge in [0.1, 0.15) is 17.5 Å². The van der Waals surface area contributed by atoms with Gasteiger partial charge in [-0.15, -0.1) is 0 Å². The number of nitrogens with zero attached hydrogens (tertiary/aromatic N) is 2. The molecule has 0 amide bonds. The highest BCUT2D eigenvalue weighted by molar-refractivity contribution is 6.24. The van der Waals surface area contributed by atoms with Gasteiger partial charge in [0, 0.05) is 16.3 Å². The zero-order chi connectivity index (χ0) is 31.3. The highest BCUT2D eigenvalue weighted by Gasteiger charge is 2.14. The van der Waals surface area contributed by atoms with E-state index in [4.69, 9.17) is 9.15 Å². The number of benzene rings is 8. The molecule has 9 rings (SSSR count). The molecule has 222 valence electrons. The lowest BCUT2D eigenvalue weighted by Gasteiger charge is -2.15. The minimum Gasteiger partial charge on any atom is -0.481 e. The molecule has 0 aliphatic heterocycles. The molecular formula is C43H28N2O2. The van der Waals surface area contributed by atoms with Gasteiger partial charge in [-0.25, -0.2) is 9.98 Å². The average Bonchev–Trinajstić information content (AvgIpc) is 3.51. The first-order valence-corrected chi connectivity index (χ1v) is 15.7. The first-order valence-electron chi connectivity index (χ1n) is 15.7. The van der Waals surface area contributed by atoms with E-state index >= 15 is 0 Å². The fraction of sp³-hybridized carbons (Fsp3) is 0.0233. The van der Waals surface area contributed by atoms with Crippen molar-refractivity contribution < 1.29 is 9.15 Å². The predicted molar refractivity (Wildman–Crippen MR) is 196 cm³/mol. The summed E-state index contributed by atoms with van der Waals surface area (Å²) in [6.07, 6.45) is 1.53. The summed E-state index contributed by atoms with van der Waals surface area (Å²) in [7, 11) is 1.63. The fourth-order valence-electron chi connectivity index (χ4n) is 6.79. The van der Waals surface area contributed by atoms with Crippen molar-refractivity contribution in [2.24, 2.45) is 9.98 Å². The highest BCUT2D eigenvalue weighted by atomic mass is 16.5. The summed E-state index contributed by atoms with van der Waals surface area (Å²) in [6.45, 7) is 0. The maximum absolute atomic E-state index is 6.08. The molecule has 0 aliphatic rings. The van der Waals surface area contributed by atoms with E-state index in [9.17, 15) is 0 Å². The molecule has 0 spiro atoms. The van der Waals surface area contributed by atoms with Gasteiger partial charge in [-0.2, -0.15) is 0 Å². The van der Waals surface area contributed by atoms with Crippen LogP contribution in [-0.4, -0.2) is 19.3 Å². The van der Waals surface area contributed by atoms with Crippen LogP contribution in [0.25, 0.3) is 76.5 Å². The molecule has 0 unspecified atom stereocenters. The number of hydrogen-bond acceptors (Lipinski definition) is 3. The number of hydrogen-bond donors (Lipinski definition) is 0. The Morgan fingerprint density at radius 1 is 0.532 bits per heavy atom. The molecule has 0 radical (unpaired) electrons. The number of methoxy groups -OCH3 is 1. The van der Waals surface area contributed by atoms with Crippen molar-refractivity contribution in [1.29, 1.82) is 0 Å². The Labute approximate surface area is 271 Å². The molecular weight excluding hydrogens is 576 g/mol. The highest BCUT2D eigenvalue weighted by Crippen LogP contribution is 2.40. The van der Waals surface area contributed by atoms with Crippen molar-refractivity contribution in [3.05, 3.63) is 151 Å². The Hall–Kier alpha value is -6.26. The van der Waals surface area contributed by atoms with E-state index in [0.29, 0.717) is 5.90 Å². The third kappa shape index (κ3) is 4.70. The van der Waals surface area contributed by atoms with Crippen molar-refractivity contribution >= 4 is 72.2 Å². The van der Waals surface area contributed by atoms with Crippen LogP contribution in [0.3, 0.4) is 0 Å². The lowest BCUT2D eigenvalue weighted by atomic mass is 9.89. The van der Waals surface area contributed by atoms with Gasteiger partial charge >= 0.3 is 0 Å². The van der Waals surface area contributed by atoms with Crippen molar-refractivity contribution in [2.45, 2.75) is 0 Å². The predicted octanol–water partition coefficient (Wildman–Crippen LogP) is 11.6. The smallest absolute Gasteiger partial charge is 0.221 e. The van der Waals surface area contributed by atoms with Crippen LogP contribution >= 0.6 is 0 Å². The molecule has 0 aliphatic carbocycles. The number of rotatable bonds is 5. The summed E-state index contributed by atoms with van der Waals surface area (Å²) in [5, 5.41) is 9.84. The molecule has 9 aromatic rings. The second-order valence-electron chi connectivity index (χ2n) is 11.8. The quantitative estimate of drug-likeness (QED) is 0.111. The van der Waals surface area contributed by atoms with Crippen LogP contribution in [0.5, 0.6) is 0 Å². The Morgan fingerprint density at radius 3 is 1.77 bits per heavy atom. The van der Waals surface area contributed by atoms with E-state index < -0.39 is 0 Å². The lowest BCUT2D eigenvalue weighted by Crippen LogP contribution is -2.03.